The second-order valence-electron chi connectivity index (χ2n) is 16.8. The van der Waals surface area contributed by atoms with Gasteiger partial charge in [0, 0.05) is 44.1 Å². The second-order valence-corrected chi connectivity index (χ2v) is 16.8. The van der Waals surface area contributed by atoms with Crippen molar-refractivity contribution in [2.75, 3.05) is 0 Å². The van der Waals surface area contributed by atoms with Gasteiger partial charge in [0.2, 0.25) is 0 Å². The average molecular weight is 801 g/mol. The molecule has 0 aliphatic carbocycles. The zero-order valence-electron chi connectivity index (χ0n) is 34.1. The Hall–Kier alpha value is -8.40. The molecule has 0 bridgehead atoms. The molecule has 0 saturated carbocycles. The summed E-state index contributed by atoms with van der Waals surface area (Å²) >= 11 is 0. The molecule has 0 aliphatic rings. The molecule has 0 aliphatic heterocycles. The molecule has 3 nitrogen and oxygen atoms in total. The molecule has 0 saturated heterocycles. The third-order valence-electron chi connectivity index (χ3n) is 13.5. The minimum Gasteiger partial charge on any atom is -0.456 e. The Kier molecular flexibility index (Phi) is 7.11. The number of hydrogen-bond donors (Lipinski definition) is 0. The summed E-state index contributed by atoms with van der Waals surface area (Å²) in [5, 5.41) is 14.8. The highest BCUT2D eigenvalue weighted by Gasteiger charge is 2.20. The number of benzene rings is 11. The quantitative estimate of drug-likeness (QED) is 0.163. The number of aromatic nitrogens is 2. The topological polar surface area (TPSA) is 23.0 Å². The van der Waals surface area contributed by atoms with E-state index in [1.165, 1.54) is 76.0 Å². The molecule has 0 atom stereocenters. The summed E-state index contributed by atoms with van der Waals surface area (Å²) in [5.41, 5.74) is 13.4. The molecule has 3 aromatic heterocycles. The molecule has 3 heteroatoms. The van der Waals surface area contributed by atoms with Crippen molar-refractivity contribution in [3.8, 4) is 33.6 Å². The smallest absolute Gasteiger partial charge is 0.138 e. The van der Waals surface area contributed by atoms with E-state index in [1.807, 2.05) is 0 Å². The molecule has 0 unspecified atom stereocenters. The summed E-state index contributed by atoms with van der Waals surface area (Å²) < 4.78 is 11.5. The molecular weight excluding hydrogens is 765 g/mol. The molecule has 14 rings (SSSR count). The Bertz CT molecular complexity index is 4170. The van der Waals surface area contributed by atoms with Crippen molar-refractivity contribution in [1.82, 2.24) is 9.13 Å². The summed E-state index contributed by atoms with van der Waals surface area (Å²) in [4.78, 5) is 0. The molecule has 0 spiro atoms. The van der Waals surface area contributed by atoms with Gasteiger partial charge in [0.1, 0.15) is 11.2 Å². The lowest BCUT2D eigenvalue weighted by molar-refractivity contribution is 0.668. The van der Waals surface area contributed by atoms with E-state index in [0.717, 1.165) is 55.5 Å². The number of rotatable bonds is 4. The van der Waals surface area contributed by atoms with Crippen molar-refractivity contribution in [1.29, 1.82) is 0 Å². The lowest BCUT2D eigenvalue weighted by Gasteiger charge is -2.14. The first kappa shape index (κ1) is 34.3. The molecule has 0 amide bonds. The number of nitrogens with zero attached hydrogens (tertiary/aromatic N) is 2. The summed E-state index contributed by atoms with van der Waals surface area (Å²) in [6, 6.07) is 79.8. The van der Waals surface area contributed by atoms with E-state index in [1.54, 1.807) is 0 Å². The molecule has 292 valence electrons. The maximum Gasteiger partial charge on any atom is 0.138 e. The summed E-state index contributed by atoms with van der Waals surface area (Å²) in [6.07, 6.45) is 0. The first-order valence-electron chi connectivity index (χ1n) is 21.7. The summed E-state index contributed by atoms with van der Waals surface area (Å²) in [5.74, 6) is 0. The maximum atomic E-state index is 6.75. The van der Waals surface area contributed by atoms with Gasteiger partial charge >= 0.3 is 0 Å². The van der Waals surface area contributed by atoms with Gasteiger partial charge in [0.15, 0.2) is 0 Å². The molecular formula is C60H36N2O. The second kappa shape index (κ2) is 13.1. The van der Waals surface area contributed by atoms with Gasteiger partial charge < -0.3 is 13.6 Å². The monoisotopic (exact) mass is 800 g/mol. The van der Waals surface area contributed by atoms with Crippen molar-refractivity contribution < 1.29 is 4.42 Å². The van der Waals surface area contributed by atoms with Crippen molar-refractivity contribution in [2.24, 2.45) is 0 Å². The van der Waals surface area contributed by atoms with Gasteiger partial charge in [0.25, 0.3) is 0 Å². The van der Waals surface area contributed by atoms with Crippen LogP contribution in [0.4, 0.5) is 0 Å². The van der Waals surface area contributed by atoms with Gasteiger partial charge in [-0.2, -0.15) is 0 Å². The zero-order chi connectivity index (χ0) is 41.2. The zero-order valence-corrected chi connectivity index (χ0v) is 34.1. The molecule has 0 fully saturated rings. The van der Waals surface area contributed by atoms with Crippen LogP contribution in [0, 0.1) is 0 Å². The summed E-state index contributed by atoms with van der Waals surface area (Å²) in [7, 11) is 0. The highest BCUT2D eigenvalue weighted by atomic mass is 16.3. The largest absolute Gasteiger partial charge is 0.456 e. The van der Waals surface area contributed by atoms with Gasteiger partial charge in [-0.3, -0.25) is 0 Å². The fraction of sp³-hybridized carbons (Fsp3) is 0. The van der Waals surface area contributed by atoms with E-state index in [9.17, 15) is 0 Å². The molecule has 0 N–H and O–H groups in total. The standard InChI is InChI=1S/C60H36N2O/c1-2-14-40(15-3-1)61-54-23-11-8-20-47(54)52-32-37(27-30-56(52)61)38-28-31-57-53(33-38)48-21-9-12-24-55(48)62(57)41-35-50(60-49-22-10-13-25-58(49)63-59(60)36-41)39-26-29-46-44-18-5-4-16-42(44)43-17-6-7-19-45(43)51(46)34-39/h1-36H. The molecule has 14 aromatic rings. The summed E-state index contributed by atoms with van der Waals surface area (Å²) in [6.45, 7) is 0. The number of fused-ring (bicyclic) bond motifs is 15. The fourth-order valence-electron chi connectivity index (χ4n) is 10.7. The average Bonchev–Trinajstić information content (AvgIpc) is 4.01. The van der Waals surface area contributed by atoms with Crippen LogP contribution in [-0.4, -0.2) is 9.13 Å². The molecule has 0 radical (unpaired) electrons. The van der Waals surface area contributed by atoms with Crippen LogP contribution in [0.25, 0.3) is 131 Å². The van der Waals surface area contributed by atoms with Crippen molar-refractivity contribution >= 4 is 97.9 Å². The first-order valence-corrected chi connectivity index (χ1v) is 21.7. The lowest BCUT2D eigenvalue weighted by atomic mass is 9.91. The molecule has 11 aromatic carbocycles. The molecule has 3 heterocycles. The van der Waals surface area contributed by atoms with Gasteiger partial charge in [-0.25, -0.2) is 0 Å². The normalized spacial score (nSPS) is 12.1. The van der Waals surface area contributed by atoms with Crippen LogP contribution < -0.4 is 0 Å². The van der Waals surface area contributed by atoms with Crippen LogP contribution in [0.1, 0.15) is 0 Å². The SMILES string of the molecule is c1ccc(-n2c3ccccc3c3cc(-c4ccc5c(c4)c4ccccc4n5-c4cc(-c5ccc6c7ccccc7c7ccccc7c6c5)c5c(c4)oc4ccccc45)ccc32)cc1. The van der Waals surface area contributed by atoms with Crippen LogP contribution in [-0.2, 0) is 0 Å². The maximum absolute atomic E-state index is 6.75. The van der Waals surface area contributed by atoms with Crippen LogP contribution in [0.2, 0.25) is 0 Å². The fourth-order valence-corrected chi connectivity index (χ4v) is 10.7. The number of para-hydroxylation sites is 4. The predicted octanol–water partition coefficient (Wildman–Crippen LogP) is 16.6. The minimum absolute atomic E-state index is 0.873. The van der Waals surface area contributed by atoms with E-state index in [0.29, 0.717) is 0 Å². The molecule has 63 heavy (non-hydrogen) atoms. The van der Waals surface area contributed by atoms with Crippen molar-refractivity contribution in [3.63, 3.8) is 0 Å². The van der Waals surface area contributed by atoms with E-state index in [2.05, 4.69) is 228 Å². The van der Waals surface area contributed by atoms with Crippen LogP contribution in [0.5, 0.6) is 0 Å². The van der Waals surface area contributed by atoms with Crippen molar-refractivity contribution in [3.05, 3.63) is 218 Å². The first-order chi connectivity index (χ1) is 31.2. The van der Waals surface area contributed by atoms with E-state index in [4.69, 9.17) is 4.42 Å². The lowest BCUT2D eigenvalue weighted by Crippen LogP contribution is -1.95. The number of furan rings is 1. The third-order valence-corrected chi connectivity index (χ3v) is 13.5. The van der Waals surface area contributed by atoms with Crippen LogP contribution in [0.15, 0.2) is 223 Å². The minimum atomic E-state index is 0.873. The highest BCUT2D eigenvalue weighted by Crippen LogP contribution is 2.44. The third kappa shape index (κ3) is 4.96. The Morgan fingerprint density at radius 1 is 0.254 bits per heavy atom. The Labute approximate surface area is 361 Å². The Morgan fingerprint density at radius 2 is 0.698 bits per heavy atom. The predicted molar refractivity (Wildman–Crippen MR) is 266 cm³/mol. The Morgan fingerprint density at radius 3 is 1.32 bits per heavy atom. The van der Waals surface area contributed by atoms with Gasteiger partial charge in [-0.15, -0.1) is 0 Å². The highest BCUT2D eigenvalue weighted by molar-refractivity contribution is 6.26. The van der Waals surface area contributed by atoms with Crippen molar-refractivity contribution in [2.45, 2.75) is 0 Å². The van der Waals surface area contributed by atoms with Gasteiger partial charge in [-0.05, 0) is 121 Å². The van der Waals surface area contributed by atoms with E-state index in [-0.39, 0.29) is 0 Å². The number of hydrogen-bond acceptors (Lipinski definition) is 1. The van der Waals surface area contributed by atoms with E-state index >= 15 is 0 Å². The van der Waals surface area contributed by atoms with Gasteiger partial charge in [-0.1, -0.05) is 146 Å². The van der Waals surface area contributed by atoms with Crippen LogP contribution in [0.3, 0.4) is 0 Å². The van der Waals surface area contributed by atoms with Gasteiger partial charge in [0.05, 0.1) is 27.8 Å². The van der Waals surface area contributed by atoms with E-state index < -0.39 is 0 Å². The van der Waals surface area contributed by atoms with Crippen LogP contribution >= 0.6 is 0 Å². The Balaban J connectivity index is 0.988.